The Morgan fingerprint density at radius 2 is 2.08 bits per heavy atom. The molecule has 0 aliphatic rings. The van der Waals surface area contributed by atoms with Crippen LogP contribution in [0.4, 0.5) is 0 Å². The van der Waals surface area contributed by atoms with Crippen LogP contribution in [0.25, 0.3) is 0 Å². The van der Waals surface area contributed by atoms with Gasteiger partial charge in [0.25, 0.3) is 0 Å². The first kappa shape index (κ1) is 11.7. The third kappa shape index (κ3) is 5.00. The zero-order chi connectivity index (χ0) is 10.3. The summed E-state index contributed by atoms with van der Waals surface area (Å²) >= 11 is 0. The maximum absolute atomic E-state index is 8.54. The van der Waals surface area contributed by atoms with Gasteiger partial charge in [0.15, 0.2) is 0 Å². The van der Waals surface area contributed by atoms with Crippen molar-refractivity contribution in [1.29, 1.82) is 0 Å². The van der Waals surface area contributed by atoms with Crippen molar-refractivity contribution >= 4 is 11.4 Å². The zero-order valence-electron chi connectivity index (χ0n) is 8.37. The summed E-state index contributed by atoms with van der Waals surface area (Å²) in [5, 5.41) is 15.4. The first-order valence-corrected chi connectivity index (χ1v) is 4.14. The number of allylic oxidation sites excluding steroid dienone is 1. The number of nitrogens with zero attached hydrogens (tertiary/aromatic N) is 2. The Morgan fingerprint density at radius 1 is 1.46 bits per heavy atom. The summed E-state index contributed by atoms with van der Waals surface area (Å²) in [4.78, 5) is 4.87. The second-order valence-corrected chi connectivity index (χ2v) is 2.78. The molecule has 0 aromatic rings. The fourth-order valence-corrected chi connectivity index (χ4v) is 0.712. The third-order valence-electron chi connectivity index (χ3n) is 1.34. The molecular formula is C9H16N2O2. The van der Waals surface area contributed by atoms with Crippen LogP contribution in [-0.4, -0.2) is 23.2 Å². The Hall–Kier alpha value is -1.32. The summed E-state index contributed by atoms with van der Waals surface area (Å²) < 4.78 is 0. The average molecular weight is 184 g/mol. The molecule has 0 radical (unpaired) electrons. The Labute approximate surface area is 78.6 Å². The second kappa shape index (κ2) is 6.22. The van der Waals surface area contributed by atoms with E-state index in [1.807, 2.05) is 13.8 Å². The molecule has 0 aromatic carbocycles. The lowest BCUT2D eigenvalue weighted by molar-refractivity contribution is 0.159. The Bertz CT molecular complexity index is 232. The van der Waals surface area contributed by atoms with Crippen molar-refractivity contribution in [3.63, 3.8) is 0 Å². The molecule has 0 aromatic heterocycles. The minimum absolute atomic E-state index is 0.455. The smallest absolute Gasteiger partial charge is 0.114 e. The molecule has 0 bridgehead atoms. The van der Waals surface area contributed by atoms with Crippen LogP contribution in [0, 0.1) is 0 Å². The molecule has 0 spiro atoms. The van der Waals surface area contributed by atoms with Crippen LogP contribution in [0.3, 0.4) is 0 Å². The SMILES string of the molecule is C=C(C)CC(=N\OCC)/C(C)=N/O. The minimum Gasteiger partial charge on any atom is -0.411 e. The van der Waals surface area contributed by atoms with Gasteiger partial charge >= 0.3 is 0 Å². The Kier molecular flexibility index (Phi) is 5.59. The quantitative estimate of drug-likeness (QED) is 0.308. The normalized spacial score (nSPS) is 12.8. The van der Waals surface area contributed by atoms with Gasteiger partial charge in [0.1, 0.15) is 18.0 Å². The number of hydrogen-bond acceptors (Lipinski definition) is 4. The van der Waals surface area contributed by atoms with Crippen molar-refractivity contribution in [3.8, 4) is 0 Å². The minimum atomic E-state index is 0.455. The number of rotatable bonds is 5. The molecule has 0 heterocycles. The van der Waals surface area contributed by atoms with Crippen LogP contribution in [0.2, 0.25) is 0 Å². The zero-order valence-corrected chi connectivity index (χ0v) is 8.37. The predicted octanol–water partition coefficient (Wildman–Crippen LogP) is 2.20. The molecule has 0 rings (SSSR count). The predicted molar refractivity (Wildman–Crippen MR) is 53.4 cm³/mol. The lowest BCUT2D eigenvalue weighted by Crippen LogP contribution is -2.11. The monoisotopic (exact) mass is 184 g/mol. The molecule has 74 valence electrons. The number of oxime groups is 2. The van der Waals surface area contributed by atoms with Gasteiger partial charge in [-0.3, -0.25) is 0 Å². The molecular weight excluding hydrogens is 168 g/mol. The summed E-state index contributed by atoms with van der Waals surface area (Å²) in [5.41, 5.74) is 2.01. The van der Waals surface area contributed by atoms with Gasteiger partial charge in [-0.25, -0.2) is 0 Å². The van der Waals surface area contributed by atoms with E-state index in [1.165, 1.54) is 0 Å². The average Bonchev–Trinajstić information content (AvgIpc) is 2.10. The molecule has 0 fully saturated rings. The van der Waals surface area contributed by atoms with Gasteiger partial charge in [0.2, 0.25) is 0 Å². The van der Waals surface area contributed by atoms with Crippen molar-refractivity contribution in [3.05, 3.63) is 12.2 Å². The van der Waals surface area contributed by atoms with Crippen molar-refractivity contribution in [1.82, 2.24) is 0 Å². The van der Waals surface area contributed by atoms with Crippen LogP contribution < -0.4 is 0 Å². The first-order valence-electron chi connectivity index (χ1n) is 4.14. The van der Waals surface area contributed by atoms with E-state index in [0.717, 1.165) is 5.57 Å². The van der Waals surface area contributed by atoms with Crippen LogP contribution in [0.1, 0.15) is 27.2 Å². The number of hydrogen-bond donors (Lipinski definition) is 1. The molecule has 0 saturated carbocycles. The first-order chi connectivity index (χ1) is 6.11. The molecule has 0 saturated heterocycles. The van der Waals surface area contributed by atoms with E-state index >= 15 is 0 Å². The van der Waals surface area contributed by atoms with E-state index in [1.54, 1.807) is 6.92 Å². The van der Waals surface area contributed by atoms with E-state index in [0.29, 0.717) is 24.5 Å². The highest BCUT2D eigenvalue weighted by Crippen LogP contribution is 2.01. The lowest BCUT2D eigenvalue weighted by atomic mass is 10.1. The van der Waals surface area contributed by atoms with E-state index in [4.69, 9.17) is 10.0 Å². The van der Waals surface area contributed by atoms with Gasteiger partial charge in [-0.2, -0.15) is 0 Å². The molecule has 0 unspecified atom stereocenters. The summed E-state index contributed by atoms with van der Waals surface area (Å²) in [6.45, 7) is 9.63. The van der Waals surface area contributed by atoms with Crippen molar-refractivity contribution in [2.75, 3.05) is 6.61 Å². The van der Waals surface area contributed by atoms with Crippen LogP contribution in [0.5, 0.6) is 0 Å². The molecule has 4 heteroatoms. The van der Waals surface area contributed by atoms with Crippen LogP contribution in [0.15, 0.2) is 22.5 Å². The van der Waals surface area contributed by atoms with Crippen LogP contribution in [-0.2, 0) is 4.84 Å². The maximum Gasteiger partial charge on any atom is 0.114 e. The molecule has 1 N–H and O–H groups in total. The summed E-state index contributed by atoms with van der Waals surface area (Å²) in [7, 11) is 0. The second-order valence-electron chi connectivity index (χ2n) is 2.78. The summed E-state index contributed by atoms with van der Waals surface area (Å²) in [6.07, 6.45) is 0.565. The van der Waals surface area contributed by atoms with Gasteiger partial charge in [0.05, 0.1) is 0 Å². The fourth-order valence-electron chi connectivity index (χ4n) is 0.712. The summed E-state index contributed by atoms with van der Waals surface area (Å²) in [6, 6.07) is 0. The molecule has 0 atom stereocenters. The molecule has 13 heavy (non-hydrogen) atoms. The Morgan fingerprint density at radius 3 is 2.46 bits per heavy atom. The van der Waals surface area contributed by atoms with Crippen molar-refractivity contribution < 1.29 is 10.0 Å². The Balaban J connectivity index is 4.45. The van der Waals surface area contributed by atoms with Gasteiger partial charge in [-0.15, -0.1) is 0 Å². The standard InChI is InChI=1S/C9H16N2O2/c1-5-13-11-9(6-7(2)3)8(4)10-12/h12H,2,5-6H2,1,3-4H3/b10-8+,11-9+. The van der Waals surface area contributed by atoms with Gasteiger partial charge in [-0.05, 0) is 20.8 Å². The highest BCUT2D eigenvalue weighted by molar-refractivity contribution is 6.41. The topological polar surface area (TPSA) is 54.2 Å². The molecule has 0 amide bonds. The maximum atomic E-state index is 8.54. The third-order valence-corrected chi connectivity index (χ3v) is 1.34. The highest BCUT2D eigenvalue weighted by atomic mass is 16.6. The molecule has 4 nitrogen and oxygen atoms in total. The van der Waals surface area contributed by atoms with Crippen molar-refractivity contribution in [2.45, 2.75) is 27.2 Å². The lowest BCUT2D eigenvalue weighted by Gasteiger charge is -2.03. The van der Waals surface area contributed by atoms with E-state index in [-0.39, 0.29) is 0 Å². The van der Waals surface area contributed by atoms with Gasteiger partial charge in [0, 0.05) is 6.42 Å². The van der Waals surface area contributed by atoms with Crippen molar-refractivity contribution in [2.24, 2.45) is 10.3 Å². The largest absolute Gasteiger partial charge is 0.411 e. The van der Waals surface area contributed by atoms with Crippen LogP contribution >= 0.6 is 0 Å². The van der Waals surface area contributed by atoms with Gasteiger partial charge < -0.3 is 10.0 Å². The van der Waals surface area contributed by atoms with Gasteiger partial charge in [-0.1, -0.05) is 22.5 Å². The molecule has 0 aliphatic heterocycles. The summed E-state index contributed by atoms with van der Waals surface area (Å²) in [5.74, 6) is 0. The van der Waals surface area contributed by atoms with E-state index in [2.05, 4.69) is 16.9 Å². The van der Waals surface area contributed by atoms with E-state index < -0.39 is 0 Å². The molecule has 0 aliphatic carbocycles. The van der Waals surface area contributed by atoms with E-state index in [9.17, 15) is 0 Å². The fraction of sp³-hybridized carbons (Fsp3) is 0.556. The highest BCUT2D eigenvalue weighted by Gasteiger charge is 2.05.